The minimum absolute atomic E-state index is 0.0101. The quantitative estimate of drug-likeness (QED) is 0.747. The molecule has 0 aliphatic heterocycles. The predicted molar refractivity (Wildman–Crippen MR) is 85.6 cm³/mol. The number of aromatic hydroxyl groups is 1. The van der Waals surface area contributed by atoms with Crippen molar-refractivity contribution in [2.45, 2.75) is 25.9 Å². The lowest BCUT2D eigenvalue weighted by atomic mass is 10.1. The monoisotopic (exact) mass is 331 g/mol. The SMILES string of the molecule is COC(C)c1nc(Cc2noc(Cc3ccc(O)cc3)n2)cs1. The van der Waals surface area contributed by atoms with Crippen LogP contribution in [0.25, 0.3) is 0 Å². The molecule has 0 aliphatic rings. The Morgan fingerprint density at radius 1 is 1.22 bits per heavy atom. The number of hydrogen-bond donors (Lipinski definition) is 1. The van der Waals surface area contributed by atoms with E-state index in [4.69, 9.17) is 9.26 Å². The number of hydrogen-bond acceptors (Lipinski definition) is 7. The molecule has 120 valence electrons. The third-order valence-electron chi connectivity index (χ3n) is 3.41. The van der Waals surface area contributed by atoms with Crippen LogP contribution in [0, 0.1) is 0 Å². The molecule has 3 rings (SSSR count). The number of aromatic nitrogens is 3. The van der Waals surface area contributed by atoms with E-state index < -0.39 is 0 Å². The largest absolute Gasteiger partial charge is 0.508 e. The molecule has 1 aromatic carbocycles. The molecule has 6 nitrogen and oxygen atoms in total. The third kappa shape index (κ3) is 3.94. The molecule has 0 spiro atoms. The van der Waals surface area contributed by atoms with Crippen LogP contribution in [-0.2, 0) is 17.6 Å². The Hall–Kier alpha value is -2.25. The molecular weight excluding hydrogens is 314 g/mol. The average molecular weight is 331 g/mol. The normalized spacial score (nSPS) is 12.4. The topological polar surface area (TPSA) is 81.3 Å². The molecule has 0 saturated carbocycles. The van der Waals surface area contributed by atoms with E-state index in [0.717, 1.165) is 16.3 Å². The lowest BCUT2D eigenvalue weighted by Crippen LogP contribution is -1.97. The van der Waals surface area contributed by atoms with Crippen molar-refractivity contribution in [1.29, 1.82) is 0 Å². The summed E-state index contributed by atoms with van der Waals surface area (Å²) in [6, 6.07) is 6.94. The van der Waals surface area contributed by atoms with Gasteiger partial charge in [-0.3, -0.25) is 0 Å². The van der Waals surface area contributed by atoms with Gasteiger partial charge >= 0.3 is 0 Å². The van der Waals surface area contributed by atoms with Gasteiger partial charge in [0.05, 0.1) is 18.5 Å². The van der Waals surface area contributed by atoms with E-state index >= 15 is 0 Å². The summed E-state index contributed by atoms with van der Waals surface area (Å²) in [7, 11) is 1.67. The molecule has 1 unspecified atom stereocenters. The predicted octanol–water partition coefficient (Wildman–Crippen LogP) is 3.12. The second-order valence-electron chi connectivity index (χ2n) is 5.18. The highest BCUT2D eigenvalue weighted by atomic mass is 32.1. The molecule has 2 aromatic heterocycles. The second-order valence-corrected chi connectivity index (χ2v) is 6.07. The van der Waals surface area contributed by atoms with Crippen molar-refractivity contribution in [3.63, 3.8) is 0 Å². The highest BCUT2D eigenvalue weighted by Crippen LogP contribution is 2.21. The van der Waals surface area contributed by atoms with Gasteiger partial charge in [0.25, 0.3) is 0 Å². The summed E-state index contributed by atoms with van der Waals surface area (Å²) < 4.78 is 10.5. The first-order valence-electron chi connectivity index (χ1n) is 7.20. The van der Waals surface area contributed by atoms with Crippen LogP contribution in [0.3, 0.4) is 0 Å². The van der Waals surface area contributed by atoms with Gasteiger partial charge in [0.15, 0.2) is 5.82 Å². The first-order valence-corrected chi connectivity index (χ1v) is 8.08. The fourth-order valence-electron chi connectivity index (χ4n) is 2.08. The fraction of sp³-hybridized carbons (Fsp3) is 0.312. The van der Waals surface area contributed by atoms with E-state index in [2.05, 4.69) is 15.1 Å². The van der Waals surface area contributed by atoms with E-state index in [-0.39, 0.29) is 11.9 Å². The van der Waals surface area contributed by atoms with Gasteiger partial charge in [-0.05, 0) is 24.6 Å². The smallest absolute Gasteiger partial charge is 0.231 e. The molecular formula is C16H17N3O3S. The number of thiazole rings is 1. The molecule has 0 bridgehead atoms. The molecule has 0 radical (unpaired) electrons. The molecule has 0 amide bonds. The Morgan fingerprint density at radius 2 is 2.00 bits per heavy atom. The molecule has 7 heteroatoms. The third-order valence-corrected chi connectivity index (χ3v) is 4.47. The molecule has 0 saturated heterocycles. The van der Waals surface area contributed by atoms with Crippen molar-refractivity contribution < 1.29 is 14.4 Å². The van der Waals surface area contributed by atoms with Gasteiger partial charge in [-0.25, -0.2) is 4.98 Å². The van der Waals surface area contributed by atoms with Crippen molar-refractivity contribution >= 4 is 11.3 Å². The van der Waals surface area contributed by atoms with Crippen LogP contribution in [0.5, 0.6) is 5.75 Å². The molecule has 2 heterocycles. The second kappa shape index (κ2) is 6.89. The zero-order valence-electron chi connectivity index (χ0n) is 12.9. The van der Waals surface area contributed by atoms with Crippen molar-refractivity contribution in [2.24, 2.45) is 0 Å². The number of nitrogens with zero attached hydrogens (tertiary/aromatic N) is 3. The van der Waals surface area contributed by atoms with Crippen LogP contribution >= 0.6 is 11.3 Å². The van der Waals surface area contributed by atoms with Gasteiger partial charge in [-0.1, -0.05) is 17.3 Å². The minimum Gasteiger partial charge on any atom is -0.508 e. The summed E-state index contributed by atoms with van der Waals surface area (Å²) in [5.74, 6) is 1.40. The van der Waals surface area contributed by atoms with Crippen LogP contribution in [0.15, 0.2) is 34.2 Å². The van der Waals surface area contributed by atoms with Gasteiger partial charge < -0.3 is 14.4 Å². The highest BCUT2D eigenvalue weighted by Gasteiger charge is 2.13. The standard InChI is InChI=1S/C16H17N3O3S/c1-10(21-2)16-17-12(9-23-16)8-14-18-15(22-19-14)7-11-3-5-13(20)6-4-11/h3-6,9-10,20H,7-8H2,1-2H3. The number of ether oxygens (including phenoxy) is 1. The van der Waals surface area contributed by atoms with E-state index in [1.165, 1.54) is 0 Å². The summed E-state index contributed by atoms with van der Waals surface area (Å²) in [5.41, 5.74) is 1.91. The van der Waals surface area contributed by atoms with E-state index in [1.807, 2.05) is 24.4 Å². The summed E-state index contributed by atoms with van der Waals surface area (Å²) in [6.45, 7) is 1.97. The molecule has 1 N–H and O–H groups in total. The van der Waals surface area contributed by atoms with Crippen LogP contribution in [-0.4, -0.2) is 27.3 Å². The zero-order chi connectivity index (χ0) is 16.2. The minimum atomic E-state index is -0.0101. The average Bonchev–Trinajstić information content (AvgIpc) is 3.19. The number of phenolic OH excluding ortho intramolecular Hbond substituents is 1. The summed E-state index contributed by atoms with van der Waals surface area (Å²) >= 11 is 1.57. The number of rotatable bonds is 6. The van der Waals surface area contributed by atoms with Crippen molar-refractivity contribution in [3.05, 3.63) is 57.6 Å². The Morgan fingerprint density at radius 3 is 2.74 bits per heavy atom. The molecule has 23 heavy (non-hydrogen) atoms. The van der Waals surface area contributed by atoms with E-state index in [9.17, 15) is 5.11 Å². The lowest BCUT2D eigenvalue weighted by Gasteiger charge is -2.03. The van der Waals surface area contributed by atoms with Gasteiger partial charge in [-0.15, -0.1) is 11.3 Å². The summed E-state index contributed by atoms with van der Waals surface area (Å²) in [6.07, 6.45) is 1.06. The first-order chi connectivity index (χ1) is 11.1. The van der Waals surface area contributed by atoms with Crippen LogP contribution < -0.4 is 0 Å². The van der Waals surface area contributed by atoms with E-state index in [0.29, 0.717) is 24.6 Å². The van der Waals surface area contributed by atoms with Gasteiger partial charge in [0.2, 0.25) is 5.89 Å². The van der Waals surface area contributed by atoms with Crippen LogP contribution in [0.2, 0.25) is 0 Å². The maximum absolute atomic E-state index is 9.28. The van der Waals surface area contributed by atoms with E-state index in [1.54, 1.807) is 30.6 Å². The van der Waals surface area contributed by atoms with Gasteiger partial charge in [-0.2, -0.15) is 4.98 Å². The first kappa shape index (κ1) is 15.6. The Labute approximate surface area is 137 Å². The Balaban J connectivity index is 1.65. The lowest BCUT2D eigenvalue weighted by molar-refractivity contribution is 0.119. The van der Waals surface area contributed by atoms with Crippen molar-refractivity contribution in [1.82, 2.24) is 15.1 Å². The molecule has 0 fully saturated rings. The maximum Gasteiger partial charge on any atom is 0.231 e. The van der Waals surface area contributed by atoms with Crippen LogP contribution in [0.4, 0.5) is 0 Å². The number of phenols is 1. The maximum atomic E-state index is 9.28. The molecule has 1 atom stereocenters. The summed E-state index contributed by atoms with van der Waals surface area (Å²) in [5, 5.41) is 16.2. The zero-order valence-corrected chi connectivity index (χ0v) is 13.7. The molecule has 0 aliphatic carbocycles. The highest BCUT2D eigenvalue weighted by molar-refractivity contribution is 7.09. The summed E-state index contributed by atoms with van der Waals surface area (Å²) in [4.78, 5) is 8.91. The van der Waals surface area contributed by atoms with Crippen molar-refractivity contribution in [3.8, 4) is 5.75 Å². The Kier molecular flexibility index (Phi) is 4.68. The fourth-order valence-corrected chi connectivity index (χ4v) is 2.93. The number of benzene rings is 1. The number of methoxy groups -OCH3 is 1. The molecule has 3 aromatic rings. The Bertz CT molecular complexity index is 767. The van der Waals surface area contributed by atoms with Crippen molar-refractivity contribution in [2.75, 3.05) is 7.11 Å². The van der Waals surface area contributed by atoms with Gasteiger partial charge in [0.1, 0.15) is 16.9 Å². The van der Waals surface area contributed by atoms with Gasteiger partial charge in [0, 0.05) is 12.5 Å². The van der Waals surface area contributed by atoms with Crippen LogP contribution in [0.1, 0.15) is 41.0 Å².